The summed E-state index contributed by atoms with van der Waals surface area (Å²) in [6.45, 7) is 0.445. The first-order valence-corrected chi connectivity index (χ1v) is 4.83. The summed E-state index contributed by atoms with van der Waals surface area (Å²) in [6.07, 6.45) is -0.564. The minimum atomic E-state index is -0.564. The van der Waals surface area contributed by atoms with Crippen LogP contribution in [0.5, 0.6) is 0 Å². The minimum Gasteiger partial charge on any atom is -0.387 e. The lowest BCUT2D eigenvalue weighted by atomic mass is 10.2. The second-order valence-corrected chi connectivity index (χ2v) is 3.45. The predicted octanol–water partition coefficient (Wildman–Crippen LogP) is -0.144. The fourth-order valence-corrected chi connectivity index (χ4v) is 1.62. The molecule has 5 heteroatoms. The van der Waals surface area contributed by atoms with Gasteiger partial charge in [-0.05, 0) is 22.4 Å². The molecule has 1 unspecified atom stereocenters. The van der Waals surface area contributed by atoms with Gasteiger partial charge >= 0.3 is 0 Å². The van der Waals surface area contributed by atoms with Crippen molar-refractivity contribution in [3.05, 3.63) is 22.4 Å². The van der Waals surface area contributed by atoms with E-state index < -0.39 is 12.0 Å². The molecule has 1 aromatic rings. The molecule has 13 heavy (non-hydrogen) atoms. The third kappa shape index (κ3) is 3.54. The summed E-state index contributed by atoms with van der Waals surface area (Å²) < 4.78 is 0. The molecule has 0 radical (unpaired) electrons. The number of aliphatic hydroxyl groups is 1. The minimum absolute atomic E-state index is 0.0984. The number of aliphatic hydroxyl groups excluding tert-OH is 1. The van der Waals surface area contributed by atoms with Crippen LogP contribution in [0.3, 0.4) is 0 Å². The summed E-state index contributed by atoms with van der Waals surface area (Å²) in [7, 11) is 0. The topological polar surface area (TPSA) is 75.4 Å². The first kappa shape index (κ1) is 10.2. The van der Waals surface area contributed by atoms with Gasteiger partial charge in [-0.15, -0.1) is 0 Å². The lowest BCUT2D eigenvalue weighted by molar-refractivity contribution is -0.117. The lowest BCUT2D eigenvalue weighted by Gasteiger charge is -2.08. The zero-order valence-electron chi connectivity index (χ0n) is 7.06. The fourth-order valence-electron chi connectivity index (χ4n) is 0.915. The number of thiophene rings is 1. The average molecular weight is 200 g/mol. The Labute approximate surface area is 80.4 Å². The molecule has 72 valence electrons. The van der Waals surface area contributed by atoms with Gasteiger partial charge < -0.3 is 16.2 Å². The molecule has 1 amide bonds. The number of hydrogen-bond acceptors (Lipinski definition) is 4. The van der Waals surface area contributed by atoms with E-state index in [1.807, 2.05) is 16.8 Å². The Bertz CT molecular complexity index is 261. The fraction of sp³-hybridized carbons (Fsp3) is 0.375. The van der Waals surface area contributed by atoms with Gasteiger partial charge in [0.05, 0.1) is 12.6 Å². The quantitative estimate of drug-likeness (QED) is 0.619. The Balaban J connectivity index is 2.26. The van der Waals surface area contributed by atoms with Crippen LogP contribution in [-0.4, -0.2) is 24.1 Å². The van der Waals surface area contributed by atoms with Gasteiger partial charge in [-0.2, -0.15) is 11.3 Å². The molecule has 0 spiro atoms. The van der Waals surface area contributed by atoms with Crippen LogP contribution in [0.4, 0.5) is 0 Å². The van der Waals surface area contributed by atoms with Gasteiger partial charge in [0.1, 0.15) is 0 Å². The first-order chi connectivity index (χ1) is 6.20. The van der Waals surface area contributed by atoms with Gasteiger partial charge in [-0.3, -0.25) is 4.79 Å². The largest absolute Gasteiger partial charge is 0.387 e. The lowest BCUT2D eigenvalue weighted by Crippen LogP contribution is -2.31. The van der Waals surface area contributed by atoms with Crippen molar-refractivity contribution in [1.29, 1.82) is 0 Å². The smallest absolute Gasteiger partial charge is 0.231 e. The number of primary amides is 1. The van der Waals surface area contributed by atoms with Gasteiger partial charge in [0.2, 0.25) is 5.91 Å². The Morgan fingerprint density at radius 3 is 3.08 bits per heavy atom. The van der Waals surface area contributed by atoms with Crippen LogP contribution >= 0.6 is 11.3 Å². The van der Waals surface area contributed by atoms with E-state index in [1.54, 1.807) is 0 Å². The molecule has 4 N–H and O–H groups in total. The molecule has 0 aliphatic rings. The maximum atomic E-state index is 10.3. The summed E-state index contributed by atoms with van der Waals surface area (Å²) in [4.78, 5) is 10.3. The molecule has 0 aromatic carbocycles. The molecule has 0 saturated heterocycles. The van der Waals surface area contributed by atoms with Crippen LogP contribution < -0.4 is 11.1 Å². The Morgan fingerprint density at radius 1 is 1.77 bits per heavy atom. The van der Waals surface area contributed by atoms with Crippen LogP contribution in [0.15, 0.2) is 16.8 Å². The summed E-state index contributed by atoms with van der Waals surface area (Å²) >= 11 is 1.53. The van der Waals surface area contributed by atoms with Gasteiger partial charge in [-0.1, -0.05) is 0 Å². The molecule has 1 rings (SSSR count). The first-order valence-electron chi connectivity index (χ1n) is 3.89. The highest BCUT2D eigenvalue weighted by Crippen LogP contribution is 2.14. The molecule has 0 aliphatic carbocycles. The number of carbonyl (C=O) groups is 1. The Morgan fingerprint density at radius 2 is 2.54 bits per heavy atom. The van der Waals surface area contributed by atoms with Crippen molar-refractivity contribution in [2.75, 3.05) is 13.1 Å². The van der Waals surface area contributed by atoms with E-state index in [-0.39, 0.29) is 6.54 Å². The van der Waals surface area contributed by atoms with Crippen LogP contribution in [0, 0.1) is 0 Å². The van der Waals surface area contributed by atoms with E-state index >= 15 is 0 Å². The molecule has 0 aliphatic heterocycles. The number of amides is 1. The zero-order valence-corrected chi connectivity index (χ0v) is 7.88. The number of rotatable bonds is 5. The molecule has 1 atom stereocenters. The van der Waals surface area contributed by atoms with Crippen molar-refractivity contribution in [2.45, 2.75) is 6.10 Å². The summed E-state index contributed by atoms with van der Waals surface area (Å²) in [5.74, 6) is -0.419. The molecule has 1 heterocycles. The van der Waals surface area contributed by atoms with Crippen molar-refractivity contribution in [1.82, 2.24) is 5.32 Å². The van der Waals surface area contributed by atoms with Crippen LogP contribution in [0.25, 0.3) is 0 Å². The van der Waals surface area contributed by atoms with Crippen molar-refractivity contribution in [2.24, 2.45) is 5.73 Å². The van der Waals surface area contributed by atoms with Crippen molar-refractivity contribution in [3.8, 4) is 0 Å². The van der Waals surface area contributed by atoms with E-state index in [2.05, 4.69) is 5.32 Å². The molecular weight excluding hydrogens is 188 g/mol. The molecule has 0 saturated carbocycles. The van der Waals surface area contributed by atoms with Crippen molar-refractivity contribution in [3.63, 3.8) is 0 Å². The second kappa shape index (κ2) is 4.96. The summed E-state index contributed by atoms with van der Waals surface area (Å²) in [6, 6.07) is 1.85. The van der Waals surface area contributed by atoms with Crippen molar-refractivity contribution >= 4 is 17.2 Å². The standard InChI is InChI=1S/C8H12N2O2S/c9-8(12)4-10-3-7(11)6-1-2-13-5-6/h1-2,5,7,10-11H,3-4H2,(H2,9,12). The van der Waals surface area contributed by atoms with Crippen molar-refractivity contribution < 1.29 is 9.90 Å². The number of nitrogens with one attached hydrogen (secondary N) is 1. The Kier molecular flexibility index (Phi) is 3.88. The highest BCUT2D eigenvalue weighted by molar-refractivity contribution is 7.07. The van der Waals surface area contributed by atoms with E-state index in [9.17, 15) is 9.90 Å². The molecule has 0 bridgehead atoms. The van der Waals surface area contributed by atoms with Crippen LogP contribution in [0.2, 0.25) is 0 Å². The molecular formula is C8H12N2O2S. The highest BCUT2D eigenvalue weighted by atomic mass is 32.1. The monoisotopic (exact) mass is 200 g/mol. The van der Waals surface area contributed by atoms with Gasteiger partial charge in [0, 0.05) is 6.54 Å². The van der Waals surface area contributed by atoms with Gasteiger partial charge in [0.25, 0.3) is 0 Å². The highest BCUT2D eigenvalue weighted by Gasteiger charge is 2.06. The van der Waals surface area contributed by atoms with E-state index in [0.717, 1.165) is 5.56 Å². The third-order valence-electron chi connectivity index (χ3n) is 1.56. The van der Waals surface area contributed by atoms with Crippen LogP contribution in [0.1, 0.15) is 11.7 Å². The molecule has 1 aromatic heterocycles. The SMILES string of the molecule is NC(=O)CNCC(O)c1ccsc1. The second-order valence-electron chi connectivity index (χ2n) is 2.67. The maximum Gasteiger partial charge on any atom is 0.231 e. The maximum absolute atomic E-state index is 10.3. The number of hydrogen-bond donors (Lipinski definition) is 3. The Hall–Kier alpha value is -0.910. The van der Waals surface area contributed by atoms with Gasteiger partial charge in [-0.25, -0.2) is 0 Å². The summed E-state index contributed by atoms with van der Waals surface area (Å²) in [5.41, 5.74) is 5.78. The van der Waals surface area contributed by atoms with E-state index in [0.29, 0.717) is 6.54 Å². The van der Waals surface area contributed by atoms with E-state index in [1.165, 1.54) is 11.3 Å². The molecule has 4 nitrogen and oxygen atoms in total. The number of nitrogens with two attached hydrogens (primary N) is 1. The average Bonchev–Trinajstić information content (AvgIpc) is 2.55. The third-order valence-corrected chi connectivity index (χ3v) is 2.27. The number of carbonyl (C=O) groups excluding carboxylic acids is 1. The van der Waals surface area contributed by atoms with Crippen LogP contribution in [-0.2, 0) is 4.79 Å². The molecule has 0 fully saturated rings. The normalized spacial score (nSPS) is 12.7. The predicted molar refractivity (Wildman–Crippen MR) is 51.3 cm³/mol. The van der Waals surface area contributed by atoms with E-state index in [4.69, 9.17) is 5.73 Å². The summed E-state index contributed by atoms with van der Waals surface area (Å²) in [5, 5.41) is 16.0. The van der Waals surface area contributed by atoms with Gasteiger partial charge in [0.15, 0.2) is 0 Å². The zero-order chi connectivity index (χ0) is 9.68.